The topological polar surface area (TPSA) is 71.5 Å². The van der Waals surface area contributed by atoms with Crippen molar-refractivity contribution in [3.63, 3.8) is 0 Å². The maximum atomic E-state index is 13.8. The lowest BCUT2D eigenvalue weighted by atomic mass is 10.0. The molecule has 1 atom stereocenters. The van der Waals surface area contributed by atoms with Crippen molar-refractivity contribution in [1.29, 1.82) is 0 Å². The molecule has 4 rings (SSSR count). The van der Waals surface area contributed by atoms with E-state index in [4.69, 9.17) is 4.74 Å². The van der Waals surface area contributed by atoms with Crippen LogP contribution < -0.4 is 5.32 Å². The molecule has 0 saturated carbocycles. The van der Waals surface area contributed by atoms with Gasteiger partial charge in [-0.25, -0.2) is 4.79 Å². The first-order valence-electron chi connectivity index (χ1n) is 11.6. The molecule has 6 nitrogen and oxygen atoms in total. The van der Waals surface area contributed by atoms with Crippen LogP contribution in [-0.4, -0.2) is 34.5 Å². The summed E-state index contributed by atoms with van der Waals surface area (Å²) in [6.45, 7) is 5.37. The predicted molar refractivity (Wildman–Crippen MR) is 141 cm³/mol. The van der Waals surface area contributed by atoms with E-state index in [0.29, 0.717) is 19.5 Å². The molecule has 35 heavy (non-hydrogen) atoms. The number of nitrogens with one attached hydrogen (secondary N) is 1. The number of carbonyl (C=O) groups excluding carboxylic acids is 2. The van der Waals surface area contributed by atoms with Crippen LogP contribution in [0.25, 0.3) is 10.1 Å². The molecule has 0 aliphatic heterocycles. The smallest absolute Gasteiger partial charge is 0.408 e. The largest absolute Gasteiger partial charge is 0.444 e. The van der Waals surface area contributed by atoms with Crippen molar-refractivity contribution in [2.24, 2.45) is 5.92 Å². The summed E-state index contributed by atoms with van der Waals surface area (Å²) in [4.78, 5) is 33.1. The number of carbonyl (C=O) groups is 2. The van der Waals surface area contributed by atoms with Crippen LogP contribution in [0.3, 0.4) is 0 Å². The number of thiophene rings is 1. The lowest BCUT2D eigenvalue weighted by molar-refractivity contribution is -0.134. The van der Waals surface area contributed by atoms with E-state index in [-0.39, 0.29) is 18.4 Å². The summed E-state index contributed by atoms with van der Waals surface area (Å²) in [7, 11) is 0. The van der Waals surface area contributed by atoms with Crippen LogP contribution >= 0.6 is 22.7 Å². The highest BCUT2D eigenvalue weighted by atomic mass is 32.1. The molecule has 0 aliphatic rings. The summed E-state index contributed by atoms with van der Waals surface area (Å²) < 4.78 is 6.60. The molecule has 8 heteroatoms. The summed E-state index contributed by atoms with van der Waals surface area (Å²) in [6.07, 6.45) is 1.43. The summed E-state index contributed by atoms with van der Waals surface area (Å²) in [5, 5.41) is 6.07. The minimum Gasteiger partial charge on any atom is -0.444 e. The second-order valence-corrected chi connectivity index (χ2v) is 10.8. The van der Waals surface area contributed by atoms with Gasteiger partial charge in [0.2, 0.25) is 5.91 Å². The molecule has 0 radical (unpaired) electrons. The molecule has 2 heterocycles. The molecule has 0 spiro atoms. The zero-order chi connectivity index (χ0) is 24.6. The van der Waals surface area contributed by atoms with Gasteiger partial charge in [-0.05, 0) is 46.0 Å². The van der Waals surface area contributed by atoms with Crippen LogP contribution in [0.15, 0.2) is 71.7 Å². The third kappa shape index (κ3) is 7.13. The fourth-order valence-corrected chi connectivity index (χ4v) is 5.19. The number of ether oxygens (including phenoxy) is 1. The average Bonchev–Trinajstić information content (AvgIpc) is 3.53. The first kappa shape index (κ1) is 24.9. The van der Waals surface area contributed by atoms with Crippen molar-refractivity contribution in [1.82, 2.24) is 15.2 Å². The van der Waals surface area contributed by atoms with Gasteiger partial charge in [0.1, 0.15) is 12.6 Å². The minimum absolute atomic E-state index is 0.122. The number of fused-ring (bicyclic) bond motifs is 1. The first-order chi connectivity index (χ1) is 17.0. The third-order valence-corrected chi connectivity index (χ3v) is 7.14. The third-order valence-electron chi connectivity index (χ3n) is 5.49. The number of alkyl carbamates (subject to hydrolysis) is 1. The number of nitrogens with zero attached hydrogens (tertiary/aromatic N) is 2. The van der Waals surface area contributed by atoms with E-state index in [9.17, 15) is 9.59 Å². The summed E-state index contributed by atoms with van der Waals surface area (Å²) in [6, 6.07) is 17.4. The van der Waals surface area contributed by atoms with Crippen LogP contribution in [0.4, 0.5) is 4.79 Å². The highest BCUT2D eigenvalue weighted by Gasteiger charge is 2.27. The van der Waals surface area contributed by atoms with E-state index in [1.807, 2.05) is 35.2 Å². The summed E-state index contributed by atoms with van der Waals surface area (Å²) in [5.74, 6) is 0.155. The fraction of sp³-hybridized carbons (Fsp3) is 0.296. The zero-order valence-electron chi connectivity index (χ0n) is 19.8. The number of hydrogen-bond donors (Lipinski definition) is 1. The normalized spacial score (nSPS) is 12.0. The Morgan fingerprint density at radius 2 is 1.89 bits per heavy atom. The Bertz CT molecular complexity index is 1240. The van der Waals surface area contributed by atoms with Gasteiger partial charge >= 0.3 is 6.09 Å². The number of benzene rings is 2. The van der Waals surface area contributed by atoms with Crippen molar-refractivity contribution in [3.8, 4) is 0 Å². The Morgan fingerprint density at radius 1 is 1.06 bits per heavy atom. The number of amides is 2. The van der Waals surface area contributed by atoms with Gasteiger partial charge in [0.05, 0.1) is 10.4 Å². The van der Waals surface area contributed by atoms with Crippen molar-refractivity contribution in [3.05, 3.63) is 87.7 Å². The molecular weight excluding hydrogens is 478 g/mol. The molecule has 182 valence electrons. The standard InChI is InChI=1S/C27H29N3O3S2/c1-19(2)15-30(16-21-8-9-25-22(12-21)10-11-34-25)26(31)24(13-20-6-4-3-5-7-20)29-27(32)33-17-23-14-28-18-35-23/h3-12,14,18-19,24H,13,15-17H2,1-2H3,(H,29,32)/t24-/m0/s1. The van der Waals surface area contributed by atoms with Crippen molar-refractivity contribution in [2.75, 3.05) is 6.54 Å². The number of hydrogen-bond acceptors (Lipinski definition) is 6. The average molecular weight is 508 g/mol. The van der Waals surface area contributed by atoms with Crippen LogP contribution in [0, 0.1) is 5.92 Å². The molecule has 0 unspecified atom stereocenters. The van der Waals surface area contributed by atoms with Gasteiger partial charge in [-0.15, -0.1) is 22.7 Å². The van der Waals surface area contributed by atoms with E-state index in [0.717, 1.165) is 16.0 Å². The van der Waals surface area contributed by atoms with Gasteiger partial charge < -0.3 is 15.0 Å². The fourth-order valence-electron chi connectivity index (χ4n) is 3.91. The summed E-state index contributed by atoms with van der Waals surface area (Å²) in [5.41, 5.74) is 3.73. The Labute approximate surface area is 213 Å². The van der Waals surface area contributed by atoms with Gasteiger partial charge in [0.25, 0.3) is 0 Å². The molecule has 2 aromatic heterocycles. The molecule has 0 bridgehead atoms. The van der Waals surface area contributed by atoms with Crippen LogP contribution in [0.1, 0.15) is 29.9 Å². The Kier molecular flexibility index (Phi) is 8.50. The van der Waals surface area contributed by atoms with Gasteiger partial charge in [-0.3, -0.25) is 9.78 Å². The number of rotatable bonds is 10. The van der Waals surface area contributed by atoms with E-state index in [1.165, 1.54) is 21.4 Å². The van der Waals surface area contributed by atoms with Crippen molar-refractivity contribution in [2.45, 2.75) is 39.5 Å². The molecule has 4 aromatic rings. The molecule has 0 saturated heterocycles. The van der Waals surface area contributed by atoms with E-state index < -0.39 is 12.1 Å². The second-order valence-electron chi connectivity index (χ2n) is 8.84. The SMILES string of the molecule is CC(C)CN(Cc1ccc2sccc2c1)C(=O)[C@H](Cc1ccccc1)NC(=O)OCc1cncs1. The number of thiazole rings is 1. The molecule has 2 aromatic carbocycles. The summed E-state index contributed by atoms with van der Waals surface area (Å²) >= 11 is 3.12. The Balaban J connectivity index is 1.52. The predicted octanol–water partition coefficient (Wildman–Crippen LogP) is 5.88. The highest BCUT2D eigenvalue weighted by Crippen LogP contribution is 2.23. The van der Waals surface area contributed by atoms with E-state index in [2.05, 4.69) is 53.8 Å². The maximum Gasteiger partial charge on any atom is 0.408 e. The molecule has 1 N–H and O–H groups in total. The van der Waals surface area contributed by atoms with Crippen LogP contribution in [-0.2, 0) is 29.1 Å². The van der Waals surface area contributed by atoms with Crippen LogP contribution in [0.2, 0.25) is 0 Å². The van der Waals surface area contributed by atoms with Crippen molar-refractivity contribution >= 4 is 44.8 Å². The van der Waals surface area contributed by atoms with Gasteiger partial charge in [0, 0.05) is 30.4 Å². The Hall–Kier alpha value is -3.23. The lowest BCUT2D eigenvalue weighted by Gasteiger charge is -2.29. The van der Waals surface area contributed by atoms with Crippen molar-refractivity contribution < 1.29 is 14.3 Å². The Morgan fingerprint density at radius 3 is 2.63 bits per heavy atom. The quantitative estimate of drug-likeness (QED) is 0.291. The van der Waals surface area contributed by atoms with Gasteiger partial charge in [-0.1, -0.05) is 50.2 Å². The van der Waals surface area contributed by atoms with Crippen LogP contribution in [0.5, 0.6) is 0 Å². The number of aromatic nitrogens is 1. The maximum absolute atomic E-state index is 13.8. The monoisotopic (exact) mass is 507 g/mol. The second kappa shape index (κ2) is 12.0. The first-order valence-corrected chi connectivity index (χ1v) is 13.3. The lowest BCUT2D eigenvalue weighted by Crippen LogP contribution is -2.50. The molecule has 0 fully saturated rings. The highest BCUT2D eigenvalue weighted by molar-refractivity contribution is 7.17. The van der Waals surface area contributed by atoms with E-state index >= 15 is 0 Å². The van der Waals surface area contributed by atoms with Gasteiger partial charge in [0.15, 0.2) is 0 Å². The minimum atomic E-state index is -0.741. The van der Waals surface area contributed by atoms with Gasteiger partial charge in [-0.2, -0.15) is 0 Å². The molecule has 2 amide bonds. The zero-order valence-corrected chi connectivity index (χ0v) is 21.5. The molecule has 0 aliphatic carbocycles. The van der Waals surface area contributed by atoms with E-state index in [1.54, 1.807) is 23.0 Å². The molecular formula is C27H29N3O3S2.